The molecule has 1 aromatic rings. The first-order chi connectivity index (χ1) is 6.15. The minimum absolute atomic E-state index is 0. The summed E-state index contributed by atoms with van der Waals surface area (Å²) in [5.41, 5.74) is 2.61. The smallest absolute Gasteiger partial charge is 0.878 e. The third-order valence-electron chi connectivity index (χ3n) is 1.87. The summed E-state index contributed by atoms with van der Waals surface area (Å²) in [7, 11) is 0. The van der Waals surface area contributed by atoms with E-state index in [0.717, 1.165) is 17.2 Å². The van der Waals surface area contributed by atoms with E-state index in [1.54, 1.807) is 6.07 Å². The van der Waals surface area contributed by atoms with Crippen LogP contribution in [0.15, 0.2) is 30.5 Å². The van der Waals surface area contributed by atoms with Gasteiger partial charge in [0.2, 0.25) is 0 Å². The van der Waals surface area contributed by atoms with Gasteiger partial charge in [-0.25, -0.2) is 0 Å². The van der Waals surface area contributed by atoms with E-state index in [1.807, 2.05) is 26.0 Å². The first-order valence-electron chi connectivity index (χ1n) is 4.05. The number of allylic oxidation sites excluding steroid dienone is 1. The Morgan fingerprint density at radius 2 is 2.00 bits per heavy atom. The van der Waals surface area contributed by atoms with Gasteiger partial charge in [-0.2, -0.15) is 0 Å². The minimum atomic E-state index is -0.229. The van der Waals surface area contributed by atoms with E-state index in [2.05, 4.69) is 0 Å². The van der Waals surface area contributed by atoms with E-state index in [1.165, 1.54) is 0 Å². The van der Waals surface area contributed by atoms with Gasteiger partial charge in [0.25, 0.3) is 0 Å². The van der Waals surface area contributed by atoms with Crippen LogP contribution in [0.2, 0.25) is 0 Å². The Morgan fingerprint density at radius 1 is 1.36 bits per heavy atom. The molecule has 0 saturated heterocycles. The summed E-state index contributed by atoms with van der Waals surface area (Å²) in [6, 6.07) is 5.53. The standard InChI is InChI=1S/C11H12O2.Na/c1-8-3-4-10(9(2)7-8)11(13)5-6-12;/h3-7,12H,1-2H3;/q;+1/p-1/b6-5+;. The number of rotatable bonds is 2. The SMILES string of the molecule is Cc1ccc(C(=O)/C=C/[O-])c(C)c1.[Na+]. The molecule has 0 bridgehead atoms. The maximum atomic E-state index is 11.3. The van der Waals surface area contributed by atoms with E-state index >= 15 is 0 Å². The Morgan fingerprint density at radius 3 is 2.50 bits per heavy atom. The summed E-state index contributed by atoms with van der Waals surface area (Å²) < 4.78 is 0. The van der Waals surface area contributed by atoms with Gasteiger partial charge in [-0.05, 0) is 25.5 Å². The van der Waals surface area contributed by atoms with Crippen molar-refractivity contribution < 1.29 is 39.5 Å². The molecule has 1 rings (SSSR count). The van der Waals surface area contributed by atoms with Crippen molar-refractivity contribution in [2.45, 2.75) is 13.8 Å². The predicted molar refractivity (Wildman–Crippen MR) is 49.4 cm³/mol. The number of carbonyl (C=O) groups is 1. The Labute approximate surface area is 106 Å². The molecule has 14 heavy (non-hydrogen) atoms. The third-order valence-corrected chi connectivity index (χ3v) is 1.87. The molecule has 68 valence electrons. The van der Waals surface area contributed by atoms with Crippen LogP contribution in [-0.2, 0) is 0 Å². The molecule has 0 heterocycles. The van der Waals surface area contributed by atoms with Gasteiger partial charge in [0.15, 0.2) is 5.78 Å². The van der Waals surface area contributed by atoms with Crippen molar-refractivity contribution >= 4 is 5.78 Å². The molecule has 0 unspecified atom stereocenters. The topological polar surface area (TPSA) is 40.1 Å². The van der Waals surface area contributed by atoms with Crippen LogP contribution in [0, 0.1) is 13.8 Å². The monoisotopic (exact) mass is 198 g/mol. The number of benzene rings is 1. The molecular formula is C11H11NaO2. The normalized spacial score (nSPS) is 9.86. The molecule has 0 radical (unpaired) electrons. The molecule has 0 aliphatic heterocycles. The van der Waals surface area contributed by atoms with Crippen LogP contribution < -0.4 is 34.7 Å². The van der Waals surface area contributed by atoms with Gasteiger partial charge in [0.1, 0.15) is 0 Å². The van der Waals surface area contributed by atoms with Gasteiger partial charge in [-0.15, -0.1) is 6.26 Å². The van der Waals surface area contributed by atoms with Crippen molar-refractivity contribution in [3.63, 3.8) is 0 Å². The average molecular weight is 198 g/mol. The van der Waals surface area contributed by atoms with Crippen LogP contribution in [0.1, 0.15) is 21.5 Å². The minimum Gasteiger partial charge on any atom is -0.878 e. The number of hydrogen-bond donors (Lipinski definition) is 0. The molecule has 2 nitrogen and oxygen atoms in total. The molecule has 0 saturated carbocycles. The van der Waals surface area contributed by atoms with E-state index < -0.39 is 0 Å². The van der Waals surface area contributed by atoms with Crippen molar-refractivity contribution in [3.8, 4) is 0 Å². The van der Waals surface area contributed by atoms with Crippen molar-refractivity contribution in [1.82, 2.24) is 0 Å². The zero-order valence-corrected chi connectivity index (χ0v) is 10.7. The Bertz CT molecular complexity index is 356. The second kappa shape index (κ2) is 6.02. The summed E-state index contributed by atoms with van der Waals surface area (Å²) >= 11 is 0. The van der Waals surface area contributed by atoms with Crippen molar-refractivity contribution in [3.05, 3.63) is 47.2 Å². The van der Waals surface area contributed by atoms with Crippen LogP contribution in [0.3, 0.4) is 0 Å². The van der Waals surface area contributed by atoms with Crippen LogP contribution in [0.4, 0.5) is 0 Å². The number of hydrogen-bond acceptors (Lipinski definition) is 2. The van der Waals surface area contributed by atoms with Gasteiger partial charge in [0.05, 0.1) is 0 Å². The fraction of sp³-hybridized carbons (Fsp3) is 0.182. The first-order valence-corrected chi connectivity index (χ1v) is 4.05. The molecule has 0 amide bonds. The van der Waals surface area contributed by atoms with Crippen LogP contribution >= 0.6 is 0 Å². The zero-order chi connectivity index (χ0) is 9.84. The molecule has 3 heteroatoms. The second-order valence-corrected chi connectivity index (χ2v) is 2.99. The molecule has 0 aromatic heterocycles. The molecule has 0 aliphatic rings. The van der Waals surface area contributed by atoms with Gasteiger partial charge < -0.3 is 5.11 Å². The van der Waals surface area contributed by atoms with Crippen LogP contribution in [-0.4, -0.2) is 5.78 Å². The largest absolute Gasteiger partial charge is 1.00 e. The van der Waals surface area contributed by atoms with E-state index in [0.29, 0.717) is 11.8 Å². The zero-order valence-electron chi connectivity index (χ0n) is 8.70. The van der Waals surface area contributed by atoms with Gasteiger partial charge in [-0.3, -0.25) is 4.79 Å². The molecule has 1 aromatic carbocycles. The molecule has 0 spiro atoms. The Balaban J connectivity index is 0.00000169. The summed E-state index contributed by atoms with van der Waals surface area (Å²) in [6.45, 7) is 3.82. The predicted octanol–water partition coefficient (Wildman–Crippen LogP) is -1.64. The number of aryl methyl sites for hydroxylation is 2. The average Bonchev–Trinajstić information content (AvgIpc) is 2.04. The van der Waals surface area contributed by atoms with Crippen molar-refractivity contribution in [2.24, 2.45) is 0 Å². The second-order valence-electron chi connectivity index (χ2n) is 2.99. The quantitative estimate of drug-likeness (QED) is 0.247. The van der Waals surface area contributed by atoms with Crippen molar-refractivity contribution in [1.29, 1.82) is 0 Å². The number of ketones is 1. The van der Waals surface area contributed by atoms with Gasteiger partial charge >= 0.3 is 29.6 Å². The molecule has 0 atom stereocenters. The molecule has 0 fully saturated rings. The Hall–Kier alpha value is -0.570. The fourth-order valence-electron chi connectivity index (χ4n) is 1.24. The van der Waals surface area contributed by atoms with Crippen molar-refractivity contribution in [2.75, 3.05) is 0 Å². The summed E-state index contributed by atoms with van der Waals surface area (Å²) in [4.78, 5) is 11.3. The Kier molecular flexibility index (Phi) is 5.77. The third kappa shape index (κ3) is 3.29. The van der Waals surface area contributed by atoms with E-state index in [4.69, 9.17) is 0 Å². The first kappa shape index (κ1) is 13.4. The van der Waals surface area contributed by atoms with E-state index in [-0.39, 0.29) is 35.3 Å². The summed E-state index contributed by atoms with van der Waals surface area (Å²) in [5, 5.41) is 10.1. The molecule has 0 N–H and O–H groups in total. The summed E-state index contributed by atoms with van der Waals surface area (Å²) in [5.74, 6) is -0.229. The van der Waals surface area contributed by atoms with Gasteiger partial charge in [-0.1, -0.05) is 23.8 Å². The van der Waals surface area contributed by atoms with Crippen LogP contribution in [0.25, 0.3) is 0 Å². The summed E-state index contributed by atoms with van der Waals surface area (Å²) in [6.07, 6.45) is 1.55. The van der Waals surface area contributed by atoms with Gasteiger partial charge in [0, 0.05) is 5.56 Å². The fourth-order valence-corrected chi connectivity index (χ4v) is 1.24. The number of carbonyl (C=O) groups excluding carboxylic acids is 1. The van der Waals surface area contributed by atoms with Crippen LogP contribution in [0.5, 0.6) is 0 Å². The molecule has 0 aliphatic carbocycles. The molecular weight excluding hydrogens is 187 g/mol. The maximum absolute atomic E-state index is 11.3. The van der Waals surface area contributed by atoms with E-state index in [9.17, 15) is 9.90 Å². The maximum Gasteiger partial charge on any atom is 1.00 e.